The number of thiophene rings is 1. The van der Waals surface area contributed by atoms with E-state index in [1.165, 1.54) is 46.0 Å². The third-order valence-corrected chi connectivity index (χ3v) is 5.55. The van der Waals surface area contributed by atoms with Gasteiger partial charge in [0.05, 0.1) is 6.04 Å². The number of hydrogen-bond acceptors (Lipinski definition) is 2. The molecule has 1 atom stereocenters. The summed E-state index contributed by atoms with van der Waals surface area (Å²) in [5.41, 5.74) is 9.32. The summed E-state index contributed by atoms with van der Waals surface area (Å²) in [6.45, 7) is 0. The summed E-state index contributed by atoms with van der Waals surface area (Å²) in [6, 6.07) is 17.3. The molecule has 0 radical (unpaired) electrons. The number of aryl methyl sites for hydroxylation is 2. The fourth-order valence-corrected chi connectivity index (χ4v) is 4.46. The molecule has 1 nitrogen and oxygen atoms in total. The molecule has 0 saturated heterocycles. The van der Waals surface area contributed by atoms with Crippen LogP contribution >= 0.6 is 11.3 Å². The van der Waals surface area contributed by atoms with E-state index in [4.69, 9.17) is 5.73 Å². The van der Waals surface area contributed by atoms with Gasteiger partial charge in [-0.15, -0.1) is 11.3 Å². The summed E-state index contributed by atoms with van der Waals surface area (Å²) in [6.07, 6.45) is 3.78. The van der Waals surface area contributed by atoms with Gasteiger partial charge in [-0.25, -0.2) is 0 Å². The smallest absolute Gasteiger partial charge is 0.0652 e. The fraction of sp³-hybridized carbons (Fsp3) is 0.222. The molecule has 1 unspecified atom stereocenters. The van der Waals surface area contributed by atoms with Crippen LogP contribution in [0.4, 0.5) is 0 Å². The van der Waals surface area contributed by atoms with Gasteiger partial charge >= 0.3 is 0 Å². The van der Waals surface area contributed by atoms with Crippen molar-refractivity contribution in [2.45, 2.75) is 25.3 Å². The van der Waals surface area contributed by atoms with Gasteiger partial charge in [0, 0.05) is 9.75 Å². The van der Waals surface area contributed by atoms with E-state index in [0.29, 0.717) is 0 Å². The quantitative estimate of drug-likeness (QED) is 0.737. The third kappa shape index (κ3) is 1.88. The van der Waals surface area contributed by atoms with Crippen LogP contribution < -0.4 is 5.73 Å². The molecule has 1 heterocycles. The molecule has 0 bridgehead atoms. The van der Waals surface area contributed by atoms with Crippen LogP contribution in [0.15, 0.2) is 48.5 Å². The normalized spacial score (nSPS) is 15.4. The molecule has 0 fully saturated rings. The summed E-state index contributed by atoms with van der Waals surface area (Å²) in [5.74, 6) is 0. The molecule has 2 aromatic carbocycles. The summed E-state index contributed by atoms with van der Waals surface area (Å²) in [7, 11) is 0. The van der Waals surface area contributed by atoms with Crippen molar-refractivity contribution >= 4 is 22.1 Å². The van der Waals surface area contributed by atoms with Gasteiger partial charge in [0.1, 0.15) is 0 Å². The predicted octanol–water partition coefficient (Wildman–Crippen LogP) is 4.44. The zero-order valence-electron chi connectivity index (χ0n) is 11.3. The average Bonchev–Trinajstić information content (AvgIpc) is 3.07. The molecule has 3 aromatic rings. The molecule has 1 aliphatic carbocycles. The standard InChI is InChI=1S/C18H17NS/c19-18(17-11-13-7-4-10-16(13)20-17)15-9-3-6-12-5-1-2-8-14(12)15/h1-3,5-6,8-9,11,18H,4,7,10,19H2. The maximum atomic E-state index is 6.55. The van der Waals surface area contributed by atoms with Crippen LogP contribution in [0.1, 0.15) is 33.3 Å². The minimum atomic E-state index is -0.00306. The van der Waals surface area contributed by atoms with Gasteiger partial charge in [0.15, 0.2) is 0 Å². The largest absolute Gasteiger partial charge is 0.320 e. The number of rotatable bonds is 2. The van der Waals surface area contributed by atoms with Crippen LogP contribution in [0.3, 0.4) is 0 Å². The third-order valence-electron chi connectivity index (χ3n) is 4.23. The second-order valence-electron chi connectivity index (χ2n) is 5.50. The van der Waals surface area contributed by atoms with Gasteiger partial charge in [0.2, 0.25) is 0 Å². The second-order valence-corrected chi connectivity index (χ2v) is 6.67. The topological polar surface area (TPSA) is 26.0 Å². The molecule has 1 aromatic heterocycles. The Morgan fingerprint density at radius 1 is 1.00 bits per heavy atom. The van der Waals surface area contributed by atoms with Gasteiger partial charge < -0.3 is 5.73 Å². The van der Waals surface area contributed by atoms with Crippen molar-refractivity contribution < 1.29 is 0 Å². The summed E-state index contributed by atoms with van der Waals surface area (Å²) in [5, 5.41) is 2.54. The lowest BCUT2D eigenvalue weighted by atomic mass is 9.98. The van der Waals surface area contributed by atoms with Gasteiger partial charge in [-0.05, 0) is 47.2 Å². The zero-order valence-corrected chi connectivity index (χ0v) is 12.1. The number of fused-ring (bicyclic) bond motifs is 2. The van der Waals surface area contributed by atoms with Crippen molar-refractivity contribution in [1.29, 1.82) is 0 Å². The summed E-state index contributed by atoms with van der Waals surface area (Å²) in [4.78, 5) is 2.86. The molecular formula is C18H17NS. The van der Waals surface area contributed by atoms with E-state index in [2.05, 4.69) is 48.5 Å². The first-order valence-corrected chi connectivity index (χ1v) is 7.99. The molecule has 2 heteroatoms. The van der Waals surface area contributed by atoms with E-state index < -0.39 is 0 Å². The maximum Gasteiger partial charge on any atom is 0.0652 e. The molecule has 0 aliphatic heterocycles. The van der Waals surface area contributed by atoms with E-state index >= 15 is 0 Å². The van der Waals surface area contributed by atoms with Crippen LogP contribution in [0, 0.1) is 0 Å². The van der Waals surface area contributed by atoms with Crippen LogP contribution in [0.2, 0.25) is 0 Å². The first-order valence-electron chi connectivity index (χ1n) is 7.17. The predicted molar refractivity (Wildman–Crippen MR) is 86.3 cm³/mol. The summed E-state index contributed by atoms with van der Waals surface area (Å²) < 4.78 is 0. The Bertz CT molecular complexity index is 745. The number of benzene rings is 2. The van der Waals surface area contributed by atoms with Gasteiger partial charge in [-0.1, -0.05) is 42.5 Å². The van der Waals surface area contributed by atoms with E-state index in [1.54, 1.807) is 4.88 Å². The fourth-order valence-electron chi connectivity index (χ4n) is 3.18. The lowest BCUT2D eigenvalue weighted by molar-refractivity contribution is 0.888. The zero-order chi connectivity index (χ0) is 13.5. The minimum Gasteiger partial charge on any atom is -0.320 e. The highest BCUT2D eigenvalue weighted by molar-refractivity contribution is 7.12. The van der Waals surface area contributed by atoms with Crippen LogP contribution in [-0.4, -0.2) is 0 Å². The van der Waals surface area contributed by atoms with Crippen molar-refractivity contribution in [2.24, 2.45) is 5.73 Å². The average molecular weight is 279 g/mol. The Kier molecular flexibility index (Phi) is 2.86. The Labute approximate surface area is 123 Å². The Hall–Kier alpha value is -1.64. The minimum absolute atomic E-state index is 0.00306. The van der Waals surface area contributed by atoms with E-state index in [9.17, 15) is 0 Å². The van der Waals surface area contributed by atoms with Crippen molar-refractivity contribution in [1.82, 2.24) is 0 Å². The molecular weight excluding hydrogens is 262 g/mol. The van der Waals surface area contributed by atoms with Crippen LogP contribution in [-0.2, 0) is 12.8 Å². The first-order chi connectivity index (χ1) is 9.83. The highest BCUT2D eigenvalue weighted by atomic mass is 32.1. The lowest BCUT2D eigenvalue weighted by Crippen LogP contribution is -2.10. The highest BCUT2D eigenvalue weighted by Gasteiger charge is 2.19. The molecule has 20 heavy (non-hydrogen) atoms. The Morgan fingerprint density at radius 3 is 2.75 bits per heavy atom. The van der Waals surface area contributed by atoms with E-state index in [1.807, 2.05) is 11.3 Å². The highest BCUT2D eigenvalue weighted by Crippen LogP contribution is 2.36. The van der Waals surface area contributed by atoms with Gasteiger partial charge in [-0.3, -0.25) is 0 Å². The van der Waals surface area contributed by atoms with Crippen molar-refractivity contribution in [3.05, 3.63) is 69.4 Å². The molecule has 2 N–H and O–H groups in total. The Morgan fingerprint density at radius 2 is 1.85 bits per heavy atom. The number of hydrogen-bond donors (Lipinski definition) is 1. The molecule has 0 spiro atoms. The van der Waals surface area contributed by atoms with Gasteiger partial charge in [-0.2, -0.15) is 0 Å². The monoisotopic (exact) mass is 279 g/mol. The Balaban J connectivity index is 1.81. The van der Waals surface area contributed by atoms with Crippen molar-refractivity contribution in [3.8, 4) is 0 Å². The maximum absolute atomic E-state index is 6.55. The first kappa shape index (κ1) is 12.1. The number of nitrogens with two attached hydrogens (primary N) is 1. The van der Waals surface area contributed by atoms with Crippen molar-refractivity contribution in [3.63, 3.8) is 0 Å². The van der Waals surface area contributed by atoms with E-state index in [0.717, 1.165) is 0 Å². The molecule has 4 rings (SSSR count). The van der Waals surface area contributed by atoms with Crippen LogP contribution in [0.5, 0.6) is 0 Å². The van der Waals surface area contributed by atoms with Crippen molar-refractivity contribution in [2.75, 3.05) is 0 Å². The SMILES string of the molecule is NC(c1cc2c(s1)CCC2)c1cccc2ccccc12. The second kappa shape index (κ2) is 4.72. The van der Waals surface area contributed by atoms with Gasteiger partial charge in [0.25, 0.3) is 0 Å². The summed E-state index contributed by atoms with van der Waals surface area (Å²) >= 11 is 1.91. The van der Waals surface area contributed by atoms with E-state index in [-0.39, 0.29) is 6.04 Å². The molecule has 1 aliphatic rings. The molecule has 100 valence electrons. The van der Waals surface area contributed by atoms with Crippen LogP contribution in [0.25, 0.3) is 10.8 Å². The lowest BCUT2D eigenvalue weighted by Gasteiger charge is -2.13. The molecule has 0 amide bonds. The molecule has 0 saturated carbocycles.